The van der Waals surface area contributed by atoms with E-state index in [1.807, 2.05) is 24.0 Å². The average molecular weight is 290 g/mol. The molecule has 0 aliphatic carbocycles. The predicted molar refractivity (Wildman–Crippen MR) is 79.9 cm³/mol. The fraction of sp³-hybridized carbons (Fsp3) is 0.500. The summed E-state index contributed by atoms with van der Waals surface area (Å²) in [6, 6.07) is 7.15. The molecular weight excluding hydrogens is 268 g/mol. The van der Waals surface area contributed by atoms with Crippen LogP contribution in [0.3, 0.4) is 0 Å². The fourth-order valence-electron chi connectivity index (χ4n) is 3.31. The molecule has 0 radical (unpaired) electrons. The Balaban J connectivity index is 2.30. The van der Waals surface area contributed by atoms with Gasteiger partial charge in [-0.3, -0.25) is 14.5 Å². The van der Waals surface area contributed by atoms with Crippen molar-refractivity contribution in [3.63, 3.8) is 0 Å². The number of amides is 1. The molecule has 0 spiro atoms. The summed E-state index contributed by atoms with van der Waals surface area (Å²) in [7, 11) is 0. The molecule has 1 amide bonds. The van der Waals surface area contributed by atoms with Crippen LogP contribution in [-0.2, 0) is 11.3 Å². The molecular formula is C16H22N2O3. The van der Waals surface area contributed by atoms with Gasteiger partial charge in [-0.1, -0.05) is 31.5 Å². The molecule has 1 aromatic carbocycles. The zero-order valence-electron chi connectivity index (χ0n) is 12.3. The van der Waals surface area contributed by atoms with Gasteiger partial charge in [-0.25, -0.2) is 0 Å². The Kier molecular flexibility index (Phi) is 4.63. The smallest absolute Gasteiger partial charge is 0.324 e. The first kappa shape index (κ1) is 15.5. The van der Waals surface area contributed by atoms with E-state index >= 15 is 0 Å². The van der Waals surface area contributed by atoms with Crippen molar-refractivity contribution in [1.82, 2.24) is 4.90 Å². The van der Waals surface area contributed by atoms with E-state index < -0.39 is 17.4 Å². The molecule has 0 bridgehead atoms. The third kappa shape index (κ3) is 2.93. The number of primary amides is 1. The summed E-state index contributed by atoms with van der Waals surface area (Å²) in [6.07, 6.45) is 2.97. The van der Waals surface area contributed by atoms with Crippen molar-refractivity contribution in [2.24, 2.45) is 5.73 Å². The van der Waals surface area contributed by atoms with Gasteiger partial charge in [0.15, 0.2) is 0 Å². The molecule has 1 aliphatic heterocycles. The summed E-state index contributed by atoms with van der Waals surface area (Å²) in [6.45, 7) is 3.18. The summed E-state index contributed by atoms with van der Waals surface area (Å²) in [4.78, 5) is 25.3. The minimum Gasteiger partial charge on any atom is -0.480 e. The first-order chi connectivity index (χ1) is 10.0. The molecule has 1 aromatic rings. The average Bonchev–Trinajstić information content (AvgIpc) is 2.84. The van der Waals surface area contributed by atoms with Crippen LogP contribution in [-0.4, -0.2) is 34.0 Å². The van der Waals surface area contributed by atoms with Gasteiger partial charge in [0.1, 0.15) is 5.54 Å². The van der Waals surface area contributed by atoms with Crippen LogP contribution < -0.4 is 5.73 Å². The largest absolute Gasteiger partial charge is 0.480 e. The van der Waals surface area contributed by atoms with Crippen molar-refractivity contribution in [3.8, 4) is 0 Å². The van der Waals surface area contributed by atoms with E-state index in [4.69, 9.17) is 5.73 Å². The van der Waals surface area contributed by atoms with E-state index in [2.05, 4.69) is 0 Å². The number of hydrogen-bond donors (Lipinski definition) is 2. The molecule has 21 heavy (non-hydrogen) atoms. The van der Waals surface area contributed by atoms with E-state index in [0.29, 0.717) is 24.9 Å². The quantitative estimate of drug-likeness (QED) is 0.839. The van der Waals surface area contributed by atoms with Crippen LogP contribution in [0, 0.1) is 0 Å². The third-order valence-electron chi connectivity index (χ3n) is 4.33. The Morgan fingerprint density at radius 3 is 2.71 bits per heavy atom. The Hall–Kier alpha value is -1.88. The highest BCUT2D eigenvalue weighted by molar-refractivity contribution is 5.94. The van der Waals surface area contributed by atoms with Gasteiger partial charge in [-0.15, -0.1) is 0 Å². The molecule has 3 N–H and O–H groups in total. The normalized spacial score (nSPS) is 22.3. The molecule has 1 fully saturated rings. The Morgan fingerprint density at radius 2 is 2.10 bits per heavy atom. The molecule has 1 unspecified atom stereocenters. The minimum atomic E-state index is -0.806. The molecule has 2 rings (SSSR count). The van der Waals surface area contributed by atoms with Gasteiger partial charge in [0.2, 0.25) is 5.91 Å². The highest BCUT2D eigenvalue weighted by Crippen LogP contribution is 2.35. The maximum absolute atomic E-state index is 11.8. The van der Waals surface area contributed by atoms with Crippen LogP contribution in [0.25, 0.3) is 0 Å². The van der Waals surface area contributed by atoms with Crippen LogP contribution in [0.1, 0.15) is 48.5 Å². The second-order valence-corrected chi connectivity index (χ2v) is 5.63. The monoisotopic (exact) mass is 290 g/mol. The van der Waals surface area contributed by atoms with Crippen molar-refractivity contribution in [1.29, 1.82) is 0 Å². The van der Waals surface area contributed by atoms with Gasteiger partial charge in [-0.2, -0.15) is 0 Å². The molecule has 1 heterocycles. The summed E-state index contributed by atoms with van der Waals surface area (Å²) < 4.78 is 0. The van der Waals surface area contributed by atoms with Crippen molar-refractivity contribution >= 4 is 11.9 Å². The Labute approximate surface area is 124 Å². The first-order valence-electron chi connectivity index (χ1n) is 7.37. The highest BCUT2D eigenvalue weighted by atomic mass is 16.4. The maximum atomic E-state index is 11.8. The van der Waals surface area contributed by atoms with Gasteiger partial charge >= 0.3 is 5.97 Å². The van der Waals surface area contributed by atoms with E-state index in [1.54, 1.807) is 12.1 Å². The number of carboxylic acids is 1. The number of benzene rings is 1. The van der Waals surface area contributed by atoms with Crippen LogP contribution in [0.4, 0.5) is 0 Å². The van der Waals surface area contributed by atoms with E-state index in [-0.39, 0.29) is 0 Å². The van der Waals surface area contributed by atoms with E-state index in [1.165, 1.54) is 0 Å². The molecule has 5 heteroatoms. The molecule has 114 valence electrons. The first-order valence-corrected chi connectivity index (χ1v) is 7.37. The van der Waals surface area contributed by atoms with Crippen molar-refractivity contribution in [3.05, 3.63) is 35.4 Å². The lowest BCUT2D eigenvalue weighted by Gasteiger charge is -2.35. The number of nitrogens with two attached hydrogens (primary N) is 1. The zero-order chi connectivity index (χ0) is 15.5. The third-order valence-corrected chi connectivity index (χ3v) is 4.33. The molecule has 1 aliphatic rings. The fourth-order valence-corrected chi connectivity index (χ4v) is 3.31. The number of likely N-dealkylation sites (tertiary alicyclic amines) is 1. The van der Waals surface area contributed by atoms with Crippen molar-refractivity contribution in [2.75, 3.05) is 6.54 Å². The van der Waals surface area contributed by atoms with E-state index in [9.17, 15) is 14.7 Å². The summed E-state index contributed by atoms with van der Waals surface area (Å²) >= 11 is 0. The standard InChI is InChI=1S/C16H22N2O3/c1-2-8-16(15(20)21)9-5-10-18(16)11-12-6-3-4-7-13(12)14(17)19/h3-4,6-7H,2,5,8-11H2,1H3,(H2,17,19)(H,20,21). The molecule has 5 nitrogen and oxygen atoms in total. The maximum Gasteiger partial charge on any atom is 0.324 e. The van der Waals surface area contributed by atoms with Gasteiger partial charge in [0.25, 0.3) is 0 Å². The summed E-state index contributed by atoms with van der Waals surface area (Å²) in [5.41, 5.74) is 5.87. The number of carbonyl (C=O) groups excluding carboxylic acids is 1. The molecule has 0 aromatic heterocycles. The zero-order valence-corrected chi connectivity index (χ0v) is 12.3. The topological polar surface area (TPSA) is 83.6 Å². The van der Waals surface area contributed by atoms with Gasteiger partial charge in [0, 0.05) is 12.1 Å². The minimum absolute atomic E-state index is 0.450. The highest BCUT2D eigenvalue weighted by Gasteiger charge is 2.46. The van der Waals surface area contributed by atoms with Crippen molar-refractivity contribution in [2.45, 2.75) is 44.7 Å². The number of rotatable bonds is 6. The Bertz CT molecular complexity index is 544. The second-order valence-electron chi connectivity index (χ2n) is 5.63. The number of carbonyl (C=O) groups is 2. The van der Waals surface area contributed by atoms with Crippen LogP contribution >= 0.6 is 0 Å². The lowest BCUT2D eigenvalue weighted by atomic mass is 9.90. The van der Waals surface area contributed by atoms with Crippen molar-refractivity contribution < 1.29 is 14.7 Å². The SMILES string of the molecule is CCCC1(C(=O)O)CCCN1Cc1ccccc1C(N)=O. The van der Waals surface area contributed by atoms with Gasteiger partial charge in [-0.05, 0) is 37.4 Å². The second kappa shape index (κ2) is 6.26. The number of hydrogen-bond acceptors (Lipinski definition) is 3. The Morgan fingerprint density at radius 1 is 1.38 bits per heavy atom. The predicted octanol–water partition coefficient (Wildman–Crippen LogP) is 2.00. The molecule has 1 saturated heterocycles. The number of nitrogens with zero attached hydrogens (tertiary/aromatic N) is 1. The van der Waals surface area contributed by atoms with Crippen LogP contribution in [0.5, 0.6) is 0 Å². The van der Waals surface area contributed by atoms with Crippen LogP contribution in [0.2, 0.25) is 0 Å². The van der Waals surface area contributed by atoms with Gasteiger partial charge in [0.05, 0.1) is 0 Å². The number of carboxylic acid groups (broad SMARTS) is 1. The molecule has 1 atom stereocenters. The summed E-state index contributed by atoms with van der Waals surface area (Å²) in [5.74, 6) is -1.24. The van der Waals surface area contributed by atoms with E-state index in [0.717, 1.165) is 24.9 Å². The molecule has 0 saturated carbocycles. The summed E-state index contributed by atoms with van der Waals surface area (Å²) in [5, 5.41) is 9.69. The lowest BCUT2D eigenvalue weighted by molar-refractivity contribution is -0.150. The number of aliphatic carboxylic acids is 1. The van der Waals surface area contributed by atoms with Gasteiger partial charge < -0.3 is 10.8 Å². The lowest BCUT2D eigenvalue weighted by Crippen LogP contribution is -2.50. The van der Waals surface area contributed by atoms with Crippen LogP contribution in [0.15, 0.2) is 24.3 Å².